The van der Waals surface area contributed by atoms with E-state index in [1.165, 1.54) is 7.11 Å². The van der Waals surface area contributed by atoms with E-state index in [9.17, 15) is 4.79 Å². The molecule has 1 aliphatic heterocycles. The number of aryl methyl sites for hydroxylation is 1. The molecule has 1 aliphatic rings. The number of hydrogen-bond donors (Lipinski definition) is 1. The van der Waals surface area contributed by atoms with Crippen LogP contribution < -0.4 is 5.32 Å². The number of hydrogen-bond acceptors (Lipinski definition) is 4. The minimum absolute atomic E-state index is 0.111. The maximum absolute atomic E-state index is 11.6. The highest BCUT2D eigenvalue weighted by molar-refractivity contribution is 5.74. The van der Waals surface area contributed by atoms with Gasteiger partial charge in [-0.05, 0) is 18.6 Å². The van der Waals surface area contributed by atoms with Gasteiger partial charge >= 0.3 is 5.97 Å². The summed E-state index contributed by atoms with van der Waals surface area (Å²) in [5.74, 6) is -0.134. The second kappa shape index (κ2) is 4.61. The molecule has 0 aromatic carbocycles. The summed E-state index contributed by atoms with van der Waals surface area (Å²) in [5, 5.41) is 3.21. The molecule has 2 unspecified atom stereocenters. The Hall–Kier alpha value is -1.42. The molecule has 0 bridgehead atoms. The van der Waals surface area contributed by atoms with Crippen molar-refractivity contribution in [2.45, 2.75) is 12.8 Å². The van der Waals surface area contributed by atoms with Crippen LogP contribution in [0.1, 0.15) is 17.2 Å². The summed E-state index contributed by atoms with van der Waals surface area (Å²) in [7, 11) is 1.43. The minimum Gasteiger partial charge on any atom is -0.469 e. The number of pyridine rings is 1. The van der Waals surface area contributed by atoms with Crippen molar-refractivity contribution in [3.05, 3.63) is 29.6 Å². The molecular formula is C12H16N2O2. The van der Waals surface area contributed by atoms with Gasteiger partial charge in [-0.3, -0.25) is 9.78 Å². The molecule has 86 valence electrons. The summed E-state index contributed by atoms with van der Waals surface area (Å²) in [6, 6.07) is 4.01. The Morgan fingerprint density at radius 3 is 2.94 bits per heavy atom. The van der Waals surface area contributed by atoms with Crippen LogP contribution in [0.25, 0.3) is 0 Å². The number of esters is 1. The van der Waals surface area contributed by atoms with Crippen molar-refractivity contribution in [3.8, 4) is 0 Å². The van der Waals surface area contributed by atoms with Crippen LogP contribution in [0.5, 0.6) is 0 Å². The lowest BCUT2D eigenvalue weighted by Gasteiger charge is -2.15. The number of nitrogens with one attached hydrogen (secondary N) is 1. The molecule has 16 heavy (non-hydrogen) atoms. The summed E-state index contributed by atoms with van der Waals surface area (Å²) in [6.07, 6.45) is 1.84. The average molecular weight is 220 g/mol. The predicted octanol–water partition coefficient (Wildman–Crippen LogP) is 0.866. The molecule has 1 aromatic rings. The zero-order valence-corrected chi connectivity index (χ0v) is 9.56. The molecule has 1 fully saturated rings. The van der Waals surface area contributed by atoms with Crippen LogP contribution in [0.2, 0.25) is 0 Å². The molecule has 4 nitrogen and oxygen atoms in total. The van der Waals surface area contributed by atoms with Crippen LogP contribution in [0.15, 0.2) is 18.3 Å². The summed E-state index contributed by atoms with van der Waals surface area (Å²) in [4.78, 5) is 16.0. The highest BCUT2D eigenvalue weighted by atomic mass is 16.5. The molecule has 2 rings (SSSR count). The summed E-state index contributed by atoms with van der Waals surface area (Å²) < 4.78 is 4.80. The molecule has 0 radical (unpaired) electrons. The number of methoxy groups -OCH3 is 1. The number of nitrogens with zero attached hydrogens (tertiary/aromatic N) is 1. The molecule has 1 saturated heterocycles. The van der Waals surface area contributed by atoms with Crippen LogP contribution in [0, 0.1) is 12.8 Å². The van der Waals surface area contributed by atoms with E-state index < -0.39 is 0 Å². The molecule has 2 heterocycles. The van der Waals surface area contributed by atoms with Crippen LogP contribution in [0.4, 0.5) is 0 Å². The van der Waals surface area contributed by atoms with Gasteiger partial charge in [-0.15, -0.1) is 0 Å². The van der Waals surface area contributed by atoms with Gasteiger partial charge in [0.05, 0.1) is 13.0 Å². The summed E-state index contributed by atoms with van der Waals surface area (Å²) in [5.41, 5.74) is 2.09. The van der Waals surface area contributed by atoms with Crippen LogP contribution in [-0.2, 0) is 9.53 Å². The van der Waals surface area contributed by atoms with Crippen molar-refractivity contribution in [2.24, 2.45) is 5.92 Å². The van der Waals surface area contributed by atoms with Crippen molar-refractivity contribution < 1.29 is 9.53 Å². The molecule has 0 saturated carbocycles. The average Bonchev–Trinajstić information content (AvgIpc) is 2.78. The van der Waals surface area contributed by atoms with Crippen LogP contribution in [-0.4, -0.2) is 31.2 Å². The molecule has 0 spiro atoms. The zero-order valence-electron chi connectivity index (χ0n) is 9.56. The molecule has 4 heteroatoms. The fraction of sp³-hybridized carbons (Fsp3) is 0.500. The van der Waals surface area contributed by atoms with E-state index >= 15 is 0 Å². The van der Waals surface area contributed by atoms with Crippen molar-refractivity contribution >= 4 is 5.97 Å². The molecular weight excluding hydrogens is 204 g/mol. The van der Waals surface area contributed by atoms with E-state index in [0.717, 1.165) is 17.8 Å². The maximum Gasteiger partial charge on any atom is 0.310 e. The Balaban J connectivity index is 2.19. The minimum atomic E-state index is -0.155. The Labute approximate surface area is 95.0 Å². The van der Waals surface area contributed by atoms with Crippen molar-refractivity contribution in [2.75, 3.05) is 20.2 Å². The van der Waals surface area contributed by atoms with Crippen molar-refractivity contribution in [1.29, 1.82) is 0 Å². The van der Waals surface area contributed by atoms with Gasteiger partial charge in [-0.25, -0.2) is 0 Å². The molecule has 0 amide bonds. The second-order valence-electron chi connectivity index (χ2n) is 4.15. The lowest BCUT2D eigenvalue weighted by atomic mass is 9.92. The molecule has 0 aliphatic carbocycles. The van der Waals surface area contributed by atoms with Crippen molar-refractivity contribution in [3.63, 3.8) is 0 Å². The van der Waals surface area contributed by atoms with Gasteiger partial charge in [-0.2, -0.15) is 0 Å². The molecule has 1 N–H and O–H groups in total. The lowest BCUT2D eigenvalue weighted by molar-refractivity contribution is -0.145. The van der Waals surface area contributed by atoms with Gasteiger partial charge in [0, 0.05) is 30.9 Å². The predicted molar refractivity (Wildman–Crippen MR) is 60.1 cm³/mol. The Morgan fingerprint density at radius 1 is 1.50 bits per heavy atom. The third-order valence-electron chi connectivity index (χ3n) is 3.03. The van der Waals surface area contributed by atoms with E-state index in [2.05, 4.69) is 10.3 Å². The first-order chi connectivity index (χ1) is 7.72. The van der Waals surface area contributed by atoms with Gasteiger partial charge in [0.2, 0.25) is 0 Å². The maximum atomic E-state index is 11.6. The monoisotopic (exact) mass is 220 g/mol. The third kappa shape index (κ3) is 2.07. The lowest BCUT2D eigenvalue weighted by Crippen LogP contribution is -2.23. The van der Waals surface area contributed by atoms with Crippen LogP contribution in [0.3, 0.4) is 0 Å². The SMILES string of the molecule is COC(=O)C1CNCC1c1ccc(C)cn1. The van der Waals surface area contributed by atoms with Crippen LogP contribution >= 0.6 is 0 Å². The fourth-order valence-electron chi connectivity index (χ4n) is 2.09. The van der Waals surface area contributed by atoms with E-state index in [1.807, 2.05) is 25.3 Å². The number of carbonyl (C=O) groups excluding carboxylic acids is 1. The number of rotatable bonds is 2. The van der Waals surface area contributed by atoms with Gasteiger partial charge in [0.1, 0.15) is 0 Å². The molecule has 2 atom stereocenters. The number of ether oxygens (including phenoxy) is 1. The van der Waals surface area contributed by atoms with Gasteiger partial charge in [-0.1, -0.05) is 6.07 Å². The summed E-state index contributed by atoms with van der Waals surface area (Å²) >= 11 is 0. The molecule has 1 aromatic heterocycles. The third-order valence-corrected chi connectivity index (χ3v) is 3.03. The van der Waals surface area contributed by atoms with Crippen molar-refractivity contribution in [1.82, 2.24) is 10.3 Å². The first-order valence-corrected chi connectivity index (χ1v) is 5.43. The highest BCUT2D eigenvalue weighted by Gasteiger charge is 2.35. The Kier molecular flexibility index (Phi) is 3.19. The van der Waals surface area contributed by atoms with Gasteiger partial charge in [0.25, 0.3) is 0 Å². The first kappa shape index (κ1) is 11.1. The zero-order chi connectivity index (χ0) is 11.5. The largest absolute Gasteiger partial charge is 0.469 e. The topological polar surface area (TPSA) is 51.2 Å². The second-order valence-corrected chi connectivity index (χ2v) is 4.15. The van der Waals surface area contributed by atoms with E-state index in [0.29, 0.717) is 6.54 Å². The first-order valence-electron chi connectivity index (χ1n) is 5.43. The number of aromatic nitrogens is 1. The van der Waals surface area contributed by atoms with E-state index in [1.54, 1.807) is 0 Å². The Morgan fingerprint density at radius 2 is 2.31 bits per heavy atom. The standard InChI is InChI=1S/C12H16N2O2/c1-8-3-4-11(14-5-8)9-6-13-7-10(9)12(15)16-2/h3-5,9-10,13H,6-7H2,1-2H3. The number of carbonyl (C=O) groups is 1. The highest BCUT2D eigenvalue weighted by Crippen LogP contribution is 2.27. The van der Waals surface area contributed by atoms with E-state index in [-0.39, 0.29) is 17.8 Å². The van der Waals surface area contributed by atoms with E-state index in [4.69, 9.17) is 4.74 Å². The smallest absolute Gasteiger partial charge is 0.310 e. The normalized spacial score (nSPS) is 24.4. The fourth-order valence-corrected chi connectivity index (χ4v) is 2.09. The quantitative estimate of drug-likeness (QED) is 0.751. The van der Waals surface area contributed by atoms with Gasteiger partial charge in [0.15, 0.2) is 0 Å². The Bertz CT molecular complexity index is 375. The van der Waals surface area contributed by atoms with Gasteiger partial charge < -0.3 is 10.1 Å². The summed E-state index contributed by atoms with van der Waals surface area (Å²) in [6.45, 7) is 3.46.